The molecule has 0 spiro atoms. The average molecular weight is 407 g/mol. The van der Waals surface area contributed by atoms with Crippen LogP contribution in [0.4, 0.5) is 0 Å². The zero-order valence-corrected chi connectivity index (χ0v) is 16.9. The molecule has 2 heterocycles. The molecule has 4 rings (SSSR count). The number of likely N-dealkylation sites (tertiary alicyclic amines) is 1. The molecule has 0 saturated carbocycles. The van der Waals surface area contributed by atoms with Gasteiger partial charge in [0.2, 0.25) is 11.8 Å². The van der Waals surface area contributed by atoms with Gasteiger partial charge in [-0.15, -0.1) is 0 Å². The third kappa shape index (κ3) is 4.10. The number of carbonyl (C=O) groups is 2. The van der Waals surface area contributed by atoms with Gasteiger partial charge in [0.25, 0.3) is 5.56 Å². The molecule has 1 fully saturated rings. The van der Waals surface area contributed by atoms with E-state index in [0.29, 0.717) is 34.9 Å². The molecular weight excluding hydrogens is 386 g/mol. The predicted molar refractivity (Wildman–Crippen MR) is 113 cm³/mol. The first kappa shape index (κ1) is 19.4. The van der Waals surface area contributed by atoms with Gasteiger partial charge in [0, 0.05) is 25.1 Å². The van der Waals surface area contributed by atoms with Crippen LogP contribution in [0.3, 0.4) is 0 Å². The molecule has 0 unspecified atom stereocenters. The lowest BCUT2D eigenvalue weighted by Crippen LogP contribution is -2.31. The number of fused-ring (bicyclic) bond motifs is 1. The highest BCUT2D eigenvalue weighted by Crippen LogP contribution is 2.20. The Balaban J connectivity index is 1.63. The van der Waals surface area contributed by atoms with Crippen molar-refractivity contribution in [2.75, 3.05) is 12.3 Å². The summed E-state index contributed by atoms with van der Waals surface area (Å²) in [7, 11) is 0. The molecule has 0 aliphatic carbocycles. The van der Waals surface area contributed by atoms with Crippen LogP contribution in [0, 0.1) is 6.92 Å². The quantitative estimate of drug-likeness (QED) is 0.357. The molecule has 0 atom stereocenters. The third-order valence-corrected chi connectivity index (χ3v) is 5.95. The van der Waals surface area contributed by atoms with Crippen molar-refractivity contribution in [2.24, 2.45) is 0 Å². The lowest BCUT2D eigenvalue weighted by Gasteiger charge is -2.16. The molecule has 6 nitrogen and oxygen atoms in total. The van der Waals surface area contributed by atoms with E-state index in [-0.39, 0.29) is 30.2 Å². The summed E-state index contributed by atoms with van der Waals surface area (Å²) >= 11 is 1.40. The molecule has 29 heavy (non-hydrogen) atoms. The van der Waals surface area contributed by atoms with Crippen LogP contribution in [0.1, 0.15) is 24.0 Å². The topological polar surface area (TPSA) is 72.3 Å². The minimum atomic E-state index is -0.126. The summed E-state index contributed by atoms with van der Waals surface area (Å²) in [5.41, 5.74) is 2.73. The SMILES string of the molecule is Cc1ccc(Cn2c(SCCN3C(=O)CCC3=O)nc3ccccc3c2=O)cc1. The molecule has 1 aromatic heterocycles. The van der Waals surface area contributed by atoms with E-state index in [9.17, 15) is 14.4 Å². The van der Waals surface area contributed by atoms with E-state index in [0.717, 1.165) is 11.1 Å². The Labute approximate surface area is 172 Å². The second kappa shape index (κ2) is 8.21. The number of thioether (sulfide) groups is 1. The zero-order valence-electron chi connectivity index (χ0n) is 16.1. The first-order valence-corrected chi connectivity index (χ1v) is 10.5. The molecule has 1 saturated heterocycles. The van der Waals surface area contributed by atoms with E-state index >= 15 is 0 Å². The van der Waals surface area contributed by atoms with E-state index in [1.807, 2.05) is 49.4 Å². The molecule has 0 N–H and O–H groups in total. The second-order valence-corrected chi connectivity index (χ2v) is 8.14. The number of aryl methyl sites for hydroxylation is 1. The predicted octanol–water partition coefficient (Wildman–Crippen LogP) is 2.99. The fourth-order valence-electron chi connectivity index (χ4n) is 3.37. The van der Waals surface area contributed by atoms with Gasteiger partial charge in [0.05, 0.1) is 17.4 Å². The summed E-state index contributed by atoms with van der Waals surface area (Å²) in [4.78, 5) is 42.8. The van der Waals surface area contributed by atoms with E-state index < -0.39 is 0 Å². The maximum absolute atomic E-state index is 13.1. The van der Waals surface area contributed by atoms with Crippen molar-refractivity contribution < 1.29 is 9.59 Å². The number of imide groups is 1. The molecule has 2 amide bonds. The van der Waals surface area contributed by atoms with Crippen molar-refractivity contribution in [3.63, 3.8) is 0 Å². The minimum absolute atomic E-state index is 0.0907. The van der Waals surface area contributed by atoms with Crippen molar-refractivity contribution >= 4 is 34.5 Å². The van der Waals surface area contributed by atoms with Gasteiger partial charge in [-0.3, -0.25) is 23.9 Å². The Bertz CT molecular complexity index is 1120. The minimum Gasteiger partial charge on any atom is -0.283 e. The Morgan fingerprint density at radius 2 is 1.66 bits per heavy atom. The Morgan fingerprint density at radius 1 is 0.966 bits per heavy atom. The van der Waals surface area contributed by atoms with Gasteiger partial charge in [-0.1, -0.05) is 53.7 Å². The van der Waals surface area contributed by atoms with Crippen LogP contribution in [-0.2, 0) is 16.1 Å². The van der Waals surface area contributed by atoms with Gasteiger partial charge in [-0.05, 0) is 24.6 Å². The highest BCUT2D eigenvalue weighted by molar-refractivity contribution is 7.99. The summed E-state index contributed by atoms with van der Waals surface area (Å²) in [6, 6.07) is 15.4. The average Bonchev–Trinajstić information content (AvgIpc) is 3.04. The van der Waals surface area contributed by atoms with Crippen LogP contribution < -0.4 is 5.56 Å². The van der Waals surface area contributed by atoms with E-state index in [1.54, 1.807) is 10.6 Å². The van der Waals surface area contributed by atoms with Gasteiger partial charge in [0.15, 0.2) is 5.16 Å². The summed E-state index contributed by atoms with van der Waals surface area (Å²) in [6.07, 6.45) is 0.575. The highest BCUT2D eigenvalue weighted by atomic mass is 32.2. The Hall–Kier alpha value is -2.93. The molecule has 2 aromatic carbocycles. The van der Waals surface area contributed by atoms with Gasteiger partial charge in [0.1, 0.15) is 0 Å². The molecule has 7 heteroatoms. The van der Waals surface area contributed by atoms with Crippen molar-refractivity contribution in [3.05, 3.63) is 70.0 Å². The van der Waals surface area contributed by atoms with Crippen molar-refractivity contribution in [1.82, 2.24) is 14.5 Å². The Kier molecular flexibility index (Phi) is 5.49. The zero-order chi connectivity index (χ0) is 20.4. The molecular formula is C22H21N3O3S. The summed E-state index contributed by atoms with van der Waals surface area (Å²) in [5, 5.41) is 1.17. The van der Waals surface area contributed by atoms with Crippen molar-refractivity contribution in [3.8, 4) is 0 Å². The third-order valence-electron chi connectivity index (χ3n) is 4.99. The number of rotatable bonds is 6. The van der Waals surface area contributed by atoms with Gasteiger partial charge < -0.3 is 0 Å². The number of hydrogen-bond donors (Lipinski definition) is 0. The van der Waals surface area contributed by atoms with Crippen molar-refractivity contribution in [2.45, 2.75) is 31.5 Å². The number of aromatic nitrogens is 2. The summed E-state index contributed by atoms with van der Waals surface area (Å²) < 4.78 is 1.67. The largest absolute Gasteiger partial charge is 0.283 e. The van der Waals surface area contributed by atoms with E-state index in [4.69, 9.17) is 0 Å². The fraction of sp³-hybridized carbons (Fsp3) is 0.273. The highest BCUT2D eigenvalue weighted by Gasteiger charge is 2.28. The van der Waals surface area contributed by atoms with Crippen LogP contribution in [-0.4, -0.2) is 38.6 Å². The number of para-hydroxylation sites is 1. The molecule has 3 aromatic rings. The van der Waals surface area contributed by atoms with Crippen LogP contribution in [0.25, 0.3) is 10.9 Å². The van der Waals surface area contributed by atoms with Crippen molar-refractivity contribution in [1.29, 1.82) is 0 Å². The normalized spacial score (nSPS) is 14.2. The first-order chi connectivity index (χ1) is 14.0. The van der Waals surface area contributed by atoms with E-state index in [1.165, 1.54) is 16.7 Å². The number of amides is 2. The van der Waals surface area contributed by atoms with E-state index in [2.05, 4.69) is 4.98 Å². The van der Waals surface area contributed by atoms with Crippen LogP contribution in [0.2, 0.25) is 0 Å². The summed E-state index contributed by atoms with van der Waals surface area (Å²) in [5.74, 6) is 0.245. The van der Waals surface area contributed by atoms with Crippen LogP contribution >= 0.6 is 11.8 Å². The molecule has 1 aliphatic heterocycles. The van der Waals surface area contributed by atoms with Gasteiger partial charge in [-0.2, -0.15) is 0 Å². The lowest BCUT2D eigenvalue weighted by atomic mass is 10.1. The smallest absolute Gasteiger partial charge is 0.262 e. The molecule has 0 bridgehead atoms. The fourth-order valence-corrected chi connectivity index (χ4v) is 4.30. The monoisotopic (exact) mass is 407 g/mol. The van der Waals surface area contributed by atoms with Gasteiger partial charge >= 0.3 is 0 Å². The standard InChI is InChI=1S/C22H21N3O3S/c1-15-6-8-16(9-7-15)14-25-21(28)17-4-2-3-5-18(17)23-22(25)29-13-12-24-19(26)10-11-20(24)27/h2-9H,10-14H2,1H3. The summed E-state index contributed by atoms with van der Waals surface area (Å²) in [6.45, 7) is 2.77. The molecule has 0 radical (unpaired) electrons. The maximum atomic E-state index is 13.1. The van der Waals surface area contributed by atoms with Crippen LogP contribution in [0.5, 0.6) is 0 Å². The molecule has 148 valence electrons. The first-order valence-electron chi connectivity index (χ1n) is 9.54. The molecule has 1 aliphatic rings. The number of hydrogen-bond acceptors (Lipinski definition) is 5. The lowest BCUT2D eigenvalue weighted by molar-refractivity contribution is -0.137. The second-order valence-electron chi connectivity index (χ2n) is 7.08. The van der Waals surface area contributed by atoms with Gasteiger partial charge in [-0.25, -0.2) is 4.98 Å². The Morgan fingerprint density at radius 3 is 2.38 bits per heavy atom. The number of carbonyl (C=O) groups excluding carboxylic acids is 2. The number of nitrogens with zero attached hydrogens (tertiary/aromatic N) is 3. The number of benzene rings is 2. The maximum Gasteiger partial charge on any atom is 0.262 e. The van der Waals surface area contributed by atoms with Crippen LogP contribution in [0.15, 0.2) is 58.5 Å².